The lowest BCUT2D eigenvalue weighted by Gasteiger charge is -2.16. The van der Waals surface area contributed by atoms with Gasteiger partial charge in [0.05, 0.1) is 38.6 Å². The van der Waals surface area contributed by atoms with Gasteiger partial charge in [0.15, 0.2) is 0 Å². The molecule has 0 bridgehead atoms. The van der Waals surface area contributed by atoms with Crippen molar-refractivity contribution in [3.05, 3.63) is 0 Å². The molecule has 1 saturated heterocycles. The predicted octanol–water partition coefficient (Wildman–Crippen LogP) is 0.825. The molecule has 0 aromatic carbocycles. The van der Waals surface area contributed by atoms with Crippen molar-refractivity contribution in [3.63, 3.8) is 0 Å². The molecule has 0 spiro atoms. The van der Waals surface area contributed by atoms with Gasteiger partial charge in [0.1, 0.15) is 0 Å². The highest BCUT2D eigenvalue weighted by molar-refractivity contribution is 4.72. The molecular formula is C11H22O4. The van der Waals surface area contributed by atoms with Crippen LogP contribution in [0.5, 0.6) is 0 Å². The van der Waals surface area contributed by atoms with E-state index in [1.165, 1.54) is 0 Å². The van der Waals surface area contributed by atoms with Crippen LogP contribution in [-0.2, 0) is 14.2 Å². The minimum atomic E-state index is -0.397. The molecule has 0 aromatic rings. The SMILES string of the molecule is CC(C)OCCOCC(O)C1CCOC1. The summed E-state index contributed by atoms with van der Waals surface area (Å²) in [6, 6.07) is 0. The van der Waals surface area contributed by atoms with Gasteiger partial charge in [-0.05, 0) is 20.3 Å². The fourth-order valence-electron chi connectivity index (χ4n) is 1.54. The maximum atomic E-state index is 9.71. The van der Waals surface area contributed by atoms with Gasteiger partial charge in [-0.25, -0.2) is 0 Å². The number of aliphatic hydroxyl groups excluding tert-OH is 1. The van der Waals surface area contributed by atoms with Gasteiger partial charge in [-0.1, -0.05) is 0 Å². The first-order chi connectivity index (χ1) is 7.20. The second kappa shape index (κ2) is 7.17. The third kappa shape index (κ3) is 5.47. The van der Waals surface area contributed by atoms with Crippen molar-refractivity contribution in [3.8, 4) is 0 Å². The highest BCUT2D eigenvalue weighted by Gasteiger charge is 2.23. The van der Waals surface area contributed by atoms with E-state index in [9.17, 15) is 5.11 Å². The second-order valence-corrected chi connectivity index (χ2v) is 4.19. The topological polar surface area (TPSA) is 47.9 Å². The van der Waals surface area contributed by atoms with Crippen LogP contribution in [0.2, 0.25) is 0 Å². The van der Waals surface area contributed by atoms with Crippen LogP contribution in [0.25, 0.3) is 0 Å². The van der Waals surface area contributed by atoms with Crippen LogP contribution in [-0.4, -0.2) is 50.3 Å². The number of aliphatic hydroxyl groups is 1. The molecule has 4 heteroatoms. The van der Waals surface area contributed by atoms with Crippen molar-refractivity contribution in [1.29, 1.82) is 0 Å². The standard InChI is InChI=1S/C11H22O4/c1-9(2)15-6-5-14-8-11(12)10-3-4-13-7-10/h9-12H,3-8H2,1-2H3. The highest BCUT2D eigenvalue weighted by Crippen LogP contribution is 2.16. The molecule has 0 saturated carbocycles. The van der Waals surface area contributed by atoms with E-state index in [4.69, 9.17) is 14.2 Å². The van der Waals surface area contributed by atoms with E-state index in [1.54, 1.807) is 0 Å². The first-order valence-corrected chi connectivity index (χ1v) is 5.65. The van der Waals surface area contributed by atoms with Gasteiger partial charge in [0.25, 0.3) is 0 Å². The molecule has 0 aromatic heterocycles. The van der Waals surface area contributed by atoms with Crippen LogP contribution < -0.4 is 0 Å². The molecule has 1 N–H and O–H groups in total. The molecule has 1 aliphatic heterocycles. The Balaban J connectivity index is 1.94. The Morgan fingerprint density at radius 1 is 1.40 bits per heavy atom. The first kappa shape index (κ1) is 12.9. The summed E-state index contributed by atoms with van der Waals surface area (Å²) in [5.74, 6) is 0.246. The number of ether oxygens (including phenoxy) is 3. The highest BCUT2D eigenvalue weighted by atomic mass is 16.5. The summed E-state index contributed by atoms with van der Waals surface area (Å²) >= 11 is 0. The zero-order chi connectivity index (χ0) is 11.1. The summed E-state index contributed by atoms with van der Waals surface area (Å²) in [7, 11) is 0. The van der Waals surface area contributed by atoms with Crippen LogP contribution in [0.4, 0.5) is 0 Å². The van der Waals surface area contributed by atoms with Crippen molar-refractivity contribution < 1.29 is 19.3 Å². The number of hydrogen-bond acceptors (Lipinski definition) is 4. The smallest absolute Gasteiger partial charge is 0.0824 e. The summed E-state index contributed by atoms with van der Waals surface area (Å²) in [4.78, 5) is 0. The summed E-state index contributed by atoms with van der Waals surface area (Å²) in [6.07, 6.45) is 0.779. The lowest BCUT2D eigenvalue weighted by atomic mass is 10.0. The predicted molar refractivity (Wildman–Crippen MR) is 56.8 cm³/mol. The lowest BCUT2D eigenvalue weighted by Crippen LogP contribution is -2.27. The molecule has 0 aliphatic carbocycles. The zero-order valence-electron chi connectivity index (χ0n) is 9.65. The number of rotatable bonds is 7. The van der Waals surface area contributed by atoms with Crippen molar-refractivity contribution in [2.45, 2.75) is 32.5 Å². The average Bonchev–Trinajstić information content (AvgIpc) is 2.69. The first-order valence-electron chi connectivity index (χ1n) is 5.65. The largest absolute Gasteiger partial charge is 0.390 e. The number of hydrogen-bond donors (Lipinski definition) is 1. The monoisotopic (exact) mass is 218 g/mol. The molecule has 0 amide bonds. The van der Waals surface area contributed by atoms with Crippen molar-refractivity contribution in [1.82, 2.24) is 0 Å². The van der Waals surface area contributed by atoms with Gasteiger partial charge in [-0.2, -0.15) is 0 Å². The summed E-state index contributed by atoms with van der Waals surface area (Å²) in [5, 5.41) is 9.71. The van der Waals surface area contributed by atoms with Crippen LogP contribution in [0.3, 0.4) is 0 Å². The van der Waals surface area contributed by atoms with Crippen LogP contribution >= 0.6 is 0 Å². The Bertz CT molecular complexity index is 155. The Labute approximate surface area is 91.5 Å². The molecule has 1 aliphatic rings. The maximum absolute atomic E-state index is 9.71. The fraction of sp³-hybridized carbons (Fsp3) is 1.00. The molecule has 90 valence electrons. The quantitative estimate of drug-likeness (QED) is 0.643. The molecule has 2 unspecified atom stereocenters. The molecule has 4 nitrogen and oxygen atoms in total. The van der Waals surface area contributed by atoms with E-state index < -0.39 is 6.10 Å². The van der Waals surface area contributed by atoms with Crippen molar-refractivity contribution >= 4 is 0 Å². The molecule has 1 heterocycles. The molecule has 0 radical (unpaired) electrons. The average molecular weight is 218 g/mol. The molecular weight excluding hydrogens is 196 g/mol. The Morgan fingerprint density at radius 2 is 2.20 bits per heavy atom. The third-order valence-corrected chi connectivity index (χ3v) is 2.48. The van der Waals surface area contributed by atoms with Crippen molar-refractivity contribution in [2.24, 2.45) is 5.92 Å². The summed E-state index contributed by atoms with van der Waals surface area (Å²) < 4.78 is 15.8. The second-order valence-electron chi connectivity index (χ2n) is 4.19. The van der Waals surface area contributed by atoms with E-state index in [1.807, 2.05) is 13.8 Å². The van der Waals surface area contributed by atoms with Gasteiger partial charge in [0.2, 0.25) is 0 Å². The normalized spacial score (nSPS) is 23.6. The summed E-state index contributed by atoms with van der Waals surface area (Å²) in [6.45, 7) is 6.92. The van der Waals surface area contributed by atoms with E-state index in [0.29, 0.717) is 26.4 Å². The van der Waals surface area contributed by atoms with Crippen LogP contribution in [0.1, 0.15) is 20.3 Å². The van der Waals surface area contributed by atoms with Gasteiger partial charge in [0, 0.05) is 12.5 Å². The lowest BCUT2D eigenvalue weighted by molar-refractivity contribution is -0.0273. The Morgan fingerprint density at radius 3 is 2.80 bits per heavy atom. The van der Waals surface area contributed by atoms with Gasteiger partial charge in [-0.3, -0.25) is 0 Å². The molecule has 2 atom stereocenters. The zero-order valence-corrected chi connectivity index (χ0v) is 9.65. The van der Waals surface area contributed by atoms with Gasteiger partial charge in [-0.15, -0.1) is 0 Å². The third-order valence-electron chi connectivity index (χ3n) is 2.48. The Kier molecular flexibility index (Phi) is 6.17. The van der Waals surface area contributed by atoms with E-state index in [2.05, 4.69) is 0 Å². The van der Waals surface area contributed by atoms with E-state index >= 15 is 0 Å². The van der Waals surface area contributed by atoms with E-state index in [-0.39, 0.29) is 12.0 Å². The Hall–Kier alpha value is -0.160. The van der Waals surface area contributed by atoms with Crippen LogP contribution in [0.15, 0.2) is 0 Å². The summed E-state index contributed by atoms with van der Waals surface area (Å²) in [5.41, 5.74) is 0. The van der Waals surface area contributed by atoms with Gasteiger partial charge < -0.3 is 19.3 Å². The van der Waals surface area contributed by atoms with Crippen LogP contribution in [0, 0.1) is 5.92 Å². The van der Waals surface area contributed by atoms with Crippen molar-refractivity contribution in [2.75, 3.05) is 33.0 Å². The van der Waals surface area contributed by atoms with E-state index in [0.717, 1.165) is 13.0 Å². The maximum Gasteiger partial charge on any atom is 0.0824 e. The minimum absolute atomic E-state index is 0.238. The fourth-order valence-corrected chi connectivity index (χ4v) is 1.54. The molecule has 15 heavy (non-hydrogen) atoms. The minimum Gasteiger partial charge on any atom is -0.390 e. The molecule has 1 rings (SSSR count). The van der Waals surface area contributed by atoms with Gasteiger partial charge >= 0.3 is 0 Å². The molecule has 1 fully saturated rings.